The van der Waals surface area contributed by atoms with Crippen LogP contribution in [0.5, 0.6) is 5.75 Å². The van der Waals surface area contributed by atoms with Gasteiger partial charge in [0.1, 0.15) is 5.75 Å². The van der Waals surface area contributed by atoms with Gasteiger partial charge in [-0.15, -0.1) is 0 Å². The summed E-state index contributed by atoms with van der Waals surface area (Å²) in [4.78, 5) is 4.25. The van der Waals surface area contributed by atoms with Gasteiger partial charge in [0.2, 0.25) is 0 Å². The summed E-state index contributed by atoms with van der Waals surface area (Å²) in [5.41, 5.74) is 7.64. The average molecular weight is 334 g/mol. The summed E-state index contributed by atoms with van der Waals surface area (Å²) in [6, 6.07) is 5.69. The first-order valence-corrected chi connectivity index (χ1v) is 6.82. The second-order valence-electron chi connectivity index (χ2n) is 3.42. The molecule has 0 aliphatic heterocycles. The van der Waals surface area contributed by atoms with Crippen LogP contribution in [0.1, 0.15) is 11.3 Å². The fourth-order valence-electron chi connectivity index (χ4n) is 1.47. The van der Waals surface area contributed by atoms with Crippen LogP contribution in [0.25, 0.3) is 0 Å². The minimum atomic E-state index is 0.562. The molecule has 1 heterocycles. The molecule has 0 aliphatic carbocycles. The van der Waals surface area contributed by atoms with Gasteiger partial charge in [-0.25, -0.2) is 4.98 Å². The molecule has 0 bridgehead atoms. The number of ether oxygens (including phenoxy) is 1. The molecular weight excluding hydrogens is 324 g/mol. The van der Waals surface area contributed by atoms with Gasteiger partial charge in [-0.1, -0.05) is 29.0 Å². The molecule has 1 aromatic carbocycles. The number of nitrogens with zero attached hydrogens (tertiary/aromatic N) is 1. The SMILES string of the molecule is COc1ccc(Cc2nc(N)sc2Br)cc1Cl. The zero-order valence-electron chi connectivity index (χ0n) is 9.04. The molecular formula is C11H10BrClN2OS. The van der Waals surface area contributed by atoms with Crippen LogP contribution in [0, 0.1) is 0 Å². The van der Waals surface area contributed by atoms with Crippen LogP contribution < -0.4 is 10.5 Å². The summed E-state index contributed by atoms with van der Waals surface area (Å²) in [5.74, 6) is 0.673. The van der Waals surface area contributed by atoms with Crippen LogP contribution in [-0.2, 0) is 6.42 Å². The van der Waals surface area contributed by atoms with Gasteiger partial charge < -0.3 is 10.5 Å². The maximum atomic E-state index is 6.06. The highest BCUT2D eigenvalue weighted by Crippen LogP contribution is 2.30. The van der Waals surface area contributed by atoms with E-state index in [1.54, 1.807) is 7.11 Å². The fraction of sp³-hybridized carbons (Fsp3) is 0.182. The van der Waals surface area contributed by atoms with Crippen LogP contribution in [0.4, 0.5) is 5.13 Å². The standard InChI is InChI=1S/C11H10BrClN2OS/c1-16-9-3-2-6(4-7(9)13)5-8-10(12)17-11(14)15-8/h2-4H,5H2,1H3,(H2,14,15). The summed E-state index contributed by atoms with van der Waals surface area (Å²) in [5, 5.41) is 1.16. The van der Waals surface area contributed by atoms with E-state index in [-0.39, 0.29) is 0 Å². The third-order valence-corrected chi connectivity index (χ3v) is 4.21. The van der Waals surface area contributed by atoms with Gasteiger partial charge in [0.05, 0.1) is 21.6 Å². The predicted molar refractivity (Wildman–Crippen MR) is 75.0 cm³/mol. The number of hydrogen-bond acceptors (Lipinski definition) is 4. The number of anilines is 1. The molecule has 0 saturated carbocycles. The number of nitrogens with two attached hydrogens (primary N) is 1. The number of aromatic nitrogens is 1. The topological polar surface area (TPSA) is 48.1 Å². The number of rotatable bonds is 3. The highest BCUT2D eigenvalue weighted by molar-refractivity contribution is 9.11. The Bertz CT molecular complexity index is 544. The minimum absolute atomic E-state index is 0.562. The number of nitrogen functional groups attached to an aromatic ring is 1. The average Bonchev–Trinajstić information content (AvgIpc) is 2.58. The molecule has 6 heteroatoms. The Balaban J connectivity index is 2.24. The van der Waals surface area contributed by atoms with E-state index >= 15 is 0 Å². The van der Waals surface area contributed by atoms with Crippen LogP contribution >= 0.6 is 38.9 Å². The Morgan fingerprint density at radius 2 is 2.29 bits per heavy atom. The van der Waals surface area contributed by atoms with E-state index in [1.807, 2.05) is 18.2 Å². The second kappa shape index (κ2) is 5.25. The number of hydrogen-bond donors (Lipinski definition) is 1. The molecule has 2 N–H and O–H groups in total. The summed E-state index contributed by atoms with van der Waals surface area (Å²) in [6.07, 6.45) is 0.692. The van der Waals surface area contributed by atoms with Crippen molar-refractivity contribution in [2.75, 3.05) is 12.8 Å². The molecule has 0 aliphatic rings. The van der Waals surface area contributed by atoms with Crippen molar-refractivity contribution in [3.8, 4) is 5.75 Å². The smallest absolute Gasteiger partial charge is 0.181 e. The van der Waals surface area contributed by atoms with Gasteiger partial charge in [0.25, 0.3) is 0 Å². The molecule has 2 aromatic rings. The third-order valence-electron chi connectivity index (χ3n) is 2.25. The Hall–Kier alpha value is -0.780. The molecule has 0 atom stereocenters. The Kier molecular flexibility index (Phi) is 3.91. The Labute approximate surface area is 117 Å². The van der Waals surface area contributed by atoms with Crippen LogP contribution in [0.15, 0.2) is 22.0 Å². The summed E-state index contributed by atoms with van der Waals surface area (Å²) in [7, 11) is 1.60. The van der Waals surface area contributed by atoms with E-state index in [0.29, 0.717) is 22.3 Å². The van der Waals surface area contributed by atoms with Gasteiger partial charge in [-0.05, 0) is 33.6 Å². The molecule has 17 heavy (non-hydrogen) atoms. The lowest BCUT2D eigenvalue weighted by atomic mass is 10.1. The van der Waals surface area contributed by atoms with Gasteiger partial charge in [-0.2, -0.15) is 0 Å². The van der Waals surface area contributed by atoms with E-state index in [2.05, 4.69) is 20.9 Å². The van der Waals surface area contributed by atoms with E-state index in [9.17, 15) is 0 Å². The van der Waals surface area contributed by atoms with E-state index in [4.69, 9.17) is 22.1 Å². The van der Waals surface area contributed by atoms with Gasteiger partial charge in [-0.3, -0.25) is 0 Å². The first kappa shape index (κ1) is 12.7. The van der Waals surface area contributed by atoms with Crippen molar-refractivity contribution in [1.82, 2.24) is 4.98 Å². The Morgan fingerprint density at radius 3 is 2.82 bits per heavy atom. The van der Waals surface area contributed by atoms with Gasteiger partial charge in [0.15, 0.2) is 5.13 Å². The zero-order valence-corrected chi connectivity index (χ0v) is 12.2. The summed E-state index contributed by atoms with van der Waals surface area (Å²) >= 11 is 10.9. The summed E-state index contributed by atoms with van der Waals surface area (Å²) in [6.45, 7) is 0. The lowest BCUT2D eigenvalue weighted by molar-refractivity contribution is 0.415. The predicted octanol–water partition coefficient (Wildman–Crippen LogP) is 3.74. The van der Waals surface area contributed by atoms with Crippen molar-refractivity contribution in [2.45, 2.75) is 6.42 Å². The minimum Gasteiger partial charge on any atom is -0.495 e. The third kappa shape index (κ3) is 2.91. The highest BCUT2D eigenvalue weighted by Gasteiger charge is 2.09. The molecule has 0 amide bonds. The molecule has 0 unspecified atom stereocenters. The van der Waals surface area contributed by atoms with E-state index < -0.39 is 0 Å². The quantitative estimate of drug-likeness (QED) is 0.931. The lowest BCUT2D eigenvalue weighted by Crippen LogP contribution is -1.92. The lowest BCUT2D eigenvalue weighted by Gasteiger charge is -2.05. The van der Waals surface area contributed by atoms with Crippen molar-refractivity contribution < 1.29 is 4.74 Å². The Morgan fingerprint density at radius 1 is 1.53 bits per heavy atom. The first-order valence-electron chi connectivity index (χ1n) is 4.83. The normalized spacial score (nSPS) is 10.5. The van der Waals surface area contributed by atoms with E-state index in [0.717, 1.165) is 15.0 Å². The number of methoxy groups -OCH3 is 1. The molecule has 0 fully saturated rings. The second-order valence-corrected chi connectivity index (χ2v) is 6.17. The van der Waals surface area contributed by atoms with Crippen LogP contribution in [-0.4, -0.2) is 12.1 Å². The molecule has 3 nitrogen and oxygen atoms in total. The van der Waals surface area contributed by atoms with Crippen molar-refractivity contribution in [3.05, 3.63) is 38.3 Å². The van der Waals surface area contributed by atoms with Gasteiger partial charge in [0, 0.05) is 6.42 Å². The molecule has 0 radical (unpaired) electrons. The maximum Gasteiger partial charge on any atom is 0.181 e. The van der Waals surface area contributed by atoms with Gasteiger partial charge >= 0.3 is 0 Å². The molecule has 2 rings (SSSR count). The molecule has 0 saturated heterocycles. The number of benzene rings is 1. The fourth-order valence-corrected chi connectivity index (χ4v) is 3.05. The first-order chi connectivity index (χ1) is 8.10. The van der Waals surface area contributed by atoms with Crippen molar-refractivity contribution in [3.63, 3.8) is 0 Å². The molecule has 0 spiro atoms. The molecule has 1 aromatic heterocycles. The van der Waals surface area contributed by atoms with E-state index in [1.165, 1.54) is 11.3 Å². The molecule has 90 valence electrons. The monoisotopic (exact) mass is 332 g/mol. The van der Waals surface area contributed by atoms with Crippen molar-refractivity contribution in [1.29, 1.82) is 0 Å². The van der Waals surface area contributed by atoms with Crippen LogP contribution in [0.2, 0.25) is 5.02 Å². The van der Waals surface area contributed by atoms with Crippen molar-refractivity contribution in [2.24, 2.45) is 0 Å². The highest BCUT2D eigenvalue weighted by atomic mass is 79.9. The number of halogens is 2. The largest absolute Gasteiger partial charge is 0.495 e. The number of thiazole rings is 1. The van der Waals surface area contributed by atoms with Crippen molar-refractivity contribution >= 4 is 44.0 Å². The maximum absolute atomic E-state index is 6.06. The van der Waals surface area contributed by atoms with Crippen LogP contribution in [0.3, 0.4) is 0 Å². The summed E-state index contributed by atoms with van der Waals surface area (Å²) < 4.78 is 6.06. The zero-order chi connectivity index (χ0) is 12.4.